The number of nitrogens with one attached hydrogen (secondary N) is 1. The standard InChI is InChI=1S/C18H15N7O2/c1-12-19-10-17(25(26)27)24(12)11-13-6-8-14(9-7-13)15-4-2-3-5-16(15)18-20-22-23-21-18/h2-10H,11H2,1H3,(H,20,21,22,23). The fourth-order valence-corrected chi connectivity index (χ4v) is 2.98. The van der Waals surface area contributed by atoms with Crippen molar-refractivity contribution in [3.63, 3.8) is 0 Å². The molecule has 0 saturated carbocycles. The van der Waals surface area contributed by atoms with Gasteiger partial charge in [0, 0.05) is 12.5 Å². The lowest BCUT2D eigenvalue weighted by Gasteiger charge is -2.08. The number of benzene rings is 2. The van der Waals surface area contributed by atoms with E-state index < -0.39 is 4.92 Å². The summed E-state index contributed by atoms with van der Waals surface area (Å²) in [5, 5.41) is 25.2. The Hall–Kier alpha value is -3.88. The molecule has 27 heavy (non-hydrogen) atoms. The highest BCUT2D eigenvalue weighted by atomic mass is 16.6. The number of hydrogen-bond acceptors (Lipinski definition) is 6. The van der Waals surface area contributed by atoms with Gasteiger partial charge >= 0.3 is 5.82 Å². The summed E-state index contributed by atoms with van der Waals surface area (Å²) in [7, 11) is 0. The van der Waals surface area contributed by atoms with Crippen LogP contribution in [0.1, 0.15) is 11.4 Å². The van der Waals surface area contributed by atoms with Gasteiger partial charge < -0.3 is 10.1 Å². The van der Waals surface area contributed by atoms with Gasteiger partial charge in [-0.3, -0.25) is 0 Å². The SMILES string of the molecule is Cc1ncc([N+](=O)[O-])n1Cc1ccc(-c2ccccc2-c2nnn[nH]2)cc1. The Morgan fingerprint density at radius 1 is 1.11 bits per heavy atom. The maximum Gasteiger partial charge on any atom is 0.343 e. The minimum atomic E-state index is -0.421. The van der Waals surface area contributed by atoms with Gasteiger partial charge in [0.1, 0.15) is 12.7 Å². The van der Waals surface area contributed by atoms with E-state index in [4.69, 9.17) is 0 Å². The number of aromatic nitrogens is 6. The molecule has 0 atom stereocenters. The Kier molecular flexibility index (Phi) is 4.17. The molecule has 9 heteroatoms. The Morgan fingerprint density at radius 3 is 2.52 bits per heavy atom. The van der Waals surface area contributed by atoms with E-state index in [1.807, 2.05) is 48.5 Å². The summed E-state index contributed by atoms with van der Waals surface area (Å²) in [5.41, 5.74) is 3.84. The first-order valence-corrected chi connectivity index (χ1v) is 8.22. The van der Waals surface area contributed by atoms with Crippen LogP contribution in [0.3, 0.4) is 0 Å². The molecule has 1 N–H and O–H groups in total. The molecule has 0 aliphatic carbocycles. The molecule has 9 nitrogen and oxygen atoms in total. The average molecular weight is 361 g/mol. The molecule has 0 spiro atoms. The third-order valence-corrected chi connectivity index (χ3v) is 4.35. The number of nitrogens with zero attached hydrogens (tertiary/aromatic N) is 6. The molecule has 2 aromatic carbocycles. The van der Waals surface area contributed by atoms with Crippen LogP contribution in [0, 0.1) is 17.0 Å². The molecule has 0 radical (unpaired) electrons. The summed E-state index contributed by atoms with van der Waals surface area (Å²) in [6, 6.07) is 15.7. The van der Waals surface area contributed by atoms with Crippen molar-refractivity contribution in [2.45, 2.75) is 13.5 Å². The van der Waals surface area contributed by atoms with E-state index in [0.29, 0.717) is 18.2 Å². The molecule has 134 valence electrons. The van der Waals surface area contributed by atoms with Crippen LogP contribution in [-0.4, -0.2) is 35.1 Å². The lowest BCUT2D eigenvalue weighted by molar-refractivity contribution is -0.392. The van der Waals surface area contributed by atoms with E-state index in [2.05, 4.69) is 25.6 Å². The number of hydrogen-bond donors (Lipinski definition) is 1. The second kappa shape index (κ2) is 6.79. The fourth-order valence-electron chi connectivity index (χ4n) is 2.98. The maximum absolute atomic E-state index is 11.1. The lowest BCUT2D eigenvalue weighted by atomic mass is 9.98. The Labute approximate surface area is 153 Å². The van der Waals surface area contributed by atoms with Gasteiger partial charge in [0.05, 0.1) is 0 Å². The summed E-state index contributed by atoms with van der Waals surface area (Å²) in [4.78, 5) is 14.8. The first-order chi connectivity index (χ1) is 13.1. The number of H-pyrrole nitrogens is 1. The van der Waals surface area contributed by atoms with Gasteiger partial charge in [-0.25, -0.2) is 14.6 Å². The second-order valence-corrected chi connectivity index (χ2v) is 6.00. The summed E-state index contributed by atoms with van der Waals surface area (Å²) >= 11 is 0. The van der Waals surface area contributed by atoms with Crippen LogP contribution in [0.5, 0.6) is 0 Å². The van der Waals surface area contributed by atoms with E-state index in [-0.39, 0.29) is 5.82 Å². The third kappa shape index (κ3) is 3.17. The number of imidazole rings is 1. The van der Waals surface area contributed by atoms with Crippen molar-refractivity contribution < 1.29 is 4.92 Å². The van der Waals surface area contributed by atoms with Crippen LogP contribution < -0.4 is 0 Å². The quantitative estimate of drug-likeness (QED) is 0.431. The smallest absolute Gasteiger partial charge is 0.343 e. The molecule has 4 aromatic rings. The number of nitro groups is 1. The van der Waals surface area contributed by atoms with Gasteiger partial charge in [-0.15, -0.1) is 5.10 Å². The molecule has 0 bridgehead atoms. The maximum atomic E-state index is 11.1. The van der Waals surface area contributed by atoms with Gasteiger partial charge in [-0.1, -0.05) is 48.5 Å². The molecule has 0 amide bonds. The predicted molar refractivity (Wildman–Crippen MR) is 97.8 cm³/mol. The van der Waals surface area contributed by atoms with Crippen LogP contribution in [0.4, 0.5) is 5.82 Å². The van der Waals surface area contributed by atoms with Crippen molar-refractivity contribution in [1.82, 2.24) is 30.2 Å². The average Bonchev–Trinajstić information content (AvgIpc) is 3.33. The first-order valence-electron chi connectivity index (χ1n) is 8.22. The van der Waals surface area contributed by atoms with Gasteiger partial charge in [-0.05, 0) is 32.0 Å². The highest BCUT2D eigenvalue weighted by Gasteiger charge is 2.17. The van der Waals surface area contributed by atoms with Crippen molar-refractivity contribution in [2.75, 3.05) is 0 Å². The molecule has 2 heterocycles. The van der Waals surface area contributed by atoms with Crippen LogP contribution in [0.2, 0.25) is 0 Å². The highest BCUT2D eigenvalue weighted by Crippen LogP contribution is 2.30. The molecule has 0 fully saturated rings. The van der Waals surface area contributed by atoms with Crippen LogP contribution in [0.25, 0.3) is 22.5 Å². The third-order valence-electron chi connectivity index (χ3n) is 4.35. The van der Waals surface area contributed by atoms with E-state index in [9.17, 15) is 10.1 Å². The predicted octanol–water partition coefficient (Wildman–Crippen LogP) is 3.00. The van der Waals surface area contributed by atoms with E-state index in [0.717, 1.165) is 22.3 Å². The summed E-state index contributed by atoms with van der Waals surface area (Å²) in [6.07, 6.45) is 1.28. The fraction of sp³-hybridized carbons (Fsp3) is 0.111. The Bertz CT molecular complexity index is 1090. The van der Waals surface area contributed by atoms with Gasteiger partial charge in [0.2, 0.25) is 0 Å². The second-order valence-electron chi connectivity index (χ2n) is 6.00. The minimum absolute atomic E-state index is 0.0141. The normalized spacial score (nSPS) is 10.9. The lowest BCUT2D eigenvalue weighted by Crippen LogP contribution is -2.06. The number of aryl methyl sites for hydroxylation is 1. The molecule has 4 rings (SSSR count). The monoisotopic (exact) mass is 361 g/mol. The number of tetrazole rings is 1. The van der Waals surface area contributed by atoms with Gasteiger partial charge in [0.25, 0.3) is 0 Å². The van der Waals surface area contributed by atoms with Crippen molar-refractivity contribution in [1.29, 1.82) is 0 Å². The molecular formula is C18H15N7O2. The summed E-state index contributed by atoms with van der Waals surface area (Å²) in [6.45, 7) is 2.14. The zero-order valence-corrected chi connectivity index (χ0v) is 14.4. The van der Waals surface area contributed by atoms with Crippen molar-refractivity contribution in [2.24, 2.45) is 0 Å². The Morgan fingerprint density at radius 2 is 1.85 bits per heavy atom. The molecule has 0 saturated heterocycles. The van der Waals surface area contributed by atoms with Gasteiger partial charge in [0.15, 0.2) is 11.6 Å². The summed E-state index contributed by atoms with van der Waals surface area (Å²) in [5.74, 6) is 1.19. The topological polar surface area (TPSA) is 115 Å². The number of rotatable bonds is 5. The van der Waals surface area contributed by atoms with Gasteiger partial charge in [-0.2, -0.15) is 0 Å². The van der Waals surface area contributed by atoms with E-state index >= 15 is 0 Å². The zero-order chi connectivity index (χ0) is 18.8. The molecule has 0 aliphatic heterocycles. The first kappa shape index (κ1) is 16.6. The van der Waals surface area contributed by atoms with Crippen LogP contribution in [0.15, 0.2) is 54.7 Å². The van der Waals surface area contributed by atoms with Crippen molar-refractivity contribution >= 4 is 5.82 Å². The van der Waals surface area contributed by atoms with Crippen LogP contribution >= 0.6 is 0 Å². The zero-order valence-electron chi connectivity index (χ0n) is 14.4. The molecule has 2 aromatic heterocycles. The minimum Gasteiger partial charge on any atom is -0.358 e. The van der Waals surface area contributed by atoms with Crippen molar-refractivity contribution in [3.05, 3.63) is 76.2 Å². The van der Waals surface area contributed by atoms with Crippen LogP contribution in [-0.2, 0) is 6.54 Å². The van der Waals surface area contributed by atoms with E-state index in [1.165, 1.54) is 6.20 Å². The number of aromatic amines is 1. The Balaban J connectivity index is 1.65. The van der Waals surface area contributed by atoms with E-state index in [1.54, 1.807) is 11.5 Å². The highest BCUT2D eigenvalue weighted by molar-refractivity contribution is 5.80. The van der Waals surface area contributed by atoms with Crippen molar-refractivity contribution in [3.8, 4) is 22.5 Å². The largest absolute Gasteiger partial charge is 0.358 e. The summed E-state index contributed by atoms with van der Waals surface area (Å²) < 4.78 is 1.59. The molecule has 0 unspecified atom stereocenters. The molecular weight excluding hydrogens is 346 g/mol. The molecule has 0 aliphatic rings.